The van der Waals surface area contributed by atoms with E-state index in [-0.39, 0.29) is 0 Å². The molecule has 2 aliphatic heterocycles. The van der Waals surface area contributed by atoms with E-state index in [0.717, 1.165) is 35.0 Å². The van der Waals surface area contributed by atoms with Crippen LogP contribution in [0.25, 0.3) is 11.0 Å². The van der Waals surface area contributed by atoms with Crippen molar-refractivity contribution in [1.82, 2.24) is 19.8 Å². The fourth-order valence-corrected chi connectivity index (χ4v) is 4.21. The molecule has 2 aromatic rings. The fourth-order valence-electron chi connectivity index (χ4n) is 4.21. The Kier molecular flexibility index (Phi) is 4.76. The molecule has 4 heteroatoms. The second-order valence-corrected chi connectivity index (χ2v) is 7.35. The summed E-state index contributed by atoms with van der Waals surface area (Å²) >= 11 is 0. The molecule has 0 spiro atoms. The molecule has 0 saturated carbocycles. The predicted octanol–water partition coefficient (Wildman–Crippen LogP) is 3.39. The number of fused-ring (bicyclic) bond motifs is 1. The van der Waals surface area contributed by atoms with Gasteiger partial charge in [-0.05, 0) is 57.8 Å². The maximum absolute atomic E-state index is 4.86. The summed E-state index contributed by atoms with van der Waals surface area (Å²) in [7, 11) is 0. The number of benzene rings is 1. The van der Waals surface area contributed by atoms with Crippen molar-refractivity contribution in [3.8, 4) is 0 Å². The number of hydrogen-bond donors (Lipinski definition) is 0. The van der Waals surface area contributed by atoms with E-state index < -0.39 is 0 Å². The van der Waals surface area contributed by atoms with Crippen LogP contribution >= 0.6 is 0 Å². The van der Waals surface area contributed by atoms with Crippen molar-refractivity contribution >= 4 is 11.0 Å². The van der Waals surface area contributed by atoms with Crippen LogP contribution in [0.4, 0.5) is 0 Å². The van der Waals surface area contributed by atoms with Crippen molar-refractivity contribution in [2.75, 3.05) is 26.2 Å². The summed E-state index contributed by atoms with van der Waals surface area (Å²) in [4.78, 5) is 14.9. The second-order valence-electron chi connectivity index (χ2n) is 7.35. The zero-order chi connectivity index (χ0) is 16.4. The summed E-state index contributed by atoms with van der Waals surface area (Å²) in [6.45, 7) is 8.05. The first kappa shape index (κ1) is 16.0. The number of rotatable bonds is 3. The molecule has 0 bridgehead atoms. The van der Waals surface area contributed by atoms with Crippen LogP contribution in [0.1, 0.15) is 43.5 Å². The highest BCUT2D eigenvalue weighted by atomic mass is 15.2. The summed E-state index contributed by atoms with van der Waals surface area (Å²) in [5.74, 6) is 0. The van der Waals surface area contributed by atoms with Gasteiger partial charge in [0.05, 0.1) is 22.4 Å². The van der Waals surface area contributed by atoms with Gasteiger partial charge in [0.1, 0.15) is 0 Å². The molecule has 2 aliphatic rings. The summed E-state index contributed by atoms with van der Waals surface area (Å²) in [5.41, 5.74) is 4.24. The largest absolute Gasteiger partial charge is 0.300 e. The number of hydrogen-bond acceptors (Lipinski definition) is 4. The third-order valence-corrected chi connectivity index (χ3v) is 5.68. The molecular formula is C20H28N4. The molecule has 0 unspecified atom stereocenters. The third kappa shape index (κ3) is 3.45. The molecule has 2 fully saturated rings. The molecule has 3 heterocycles. The molecule has 128 valence electrons. The van der Waals surface area contributed by atoms with E-state index >= 15 is 0 Å². The lowest BCUT2D eigenvalue weighted by Crippen LogP contribution is -2.46. The first-order valence-corrected chi connectivity index (χ1v) is 9.48. The zero-order valence-electron chi connectivity index (χ0n) is 14.7. The van der Waals surface area contributed by atoms with Crippen molar-refractivity contribution in [3.05, 3.63) is 35.7 Å². The number of aryl methyl sites for hydroxylation is 1. The smallest absolute Gasteiger partial charge is 0.0890 e. The van der Waals surface area contributed by atoms with Gasteiger partial charge in [0.15, 0.2) is 0 Å². The molecule has 0 N–H and O–H groups in total. The van der Waals surface area contributed by atoms with E-state index in [1.165, 1.54) is 58.3 Å². The standard InChI is InChI=1S/C20H28N4/c1-16-20(22-19-8-4-3-7-18(19)21-16)15-23-13-9-17(10-14-23)24-11-5-2-6-12-24/h3-4,7-8,17H,2,5-6,9-15H2,1H3. The van der Waals surface area contributed by atoms with Gasteiger partial charge in [-0.25, -0.2) is 9.97 Å². The van der Waals surface area contributed by atoms with Crippen molar-refractivity contribution < 1.29 is 0 Å². The van der Waals surface area contributed by atoms with E-state index in [2.05, 4.69) is 22.8 Å². The molecule has 24 heavy (non-hydrogen) atoms. The Morgan fingerprint density at radius 1 is 0.917 bits per heavy atom. The van der Waals surface area contributed by atoms with Crippen molar-refractivity contribution in [3.63, 3.8) is 0 Å². The van der Waals surface area contributed by atoms with Gasteiger partial charge in [-0.1, -0.05) is 18.6 Å². The van der Waals surface area contributed by atoms with Gasteiger partial charge in [-0.2, -0.15) is 0 Å². The quantitative estimate of drug-likeness (QED) is 0.866. The minimum atomic E-state index is 0.810. The van der Waals surface area contributed by atoms with Crippen molar-refractivity contribution in [2.45, 2.75) is 51.6 Å². The highest BCUT2D eigenvalue weighted by Crippen LogP contribution is 2.22. The lowest BCUT2D eigenvalue weighted by atomic mass is 10.00. The molecule has 2 saturated heterocycles. The van der Waals surface area contributed by atoms with Gasteiger partial charge in [0.2, 0.25) is 0 Å². The van der Waals surface area contributed by atoms with Gasteiger partial charge in [0, 0.05) is 25.7 Å². The minimum Gasteiger partial charge on any atom is -0.300 e. The number of nitrogens with zero attached hydrogens (tertiary/aromatic N) is 4. The number of aromatic nitrogens is 2. The third-order valence-electron chi connectivity index (χ3n) is 5.68. The average Bonchev–Trinajstić information content (AvgIpc) is 2.64. The molecule has 4 nitrogen and oxygen atoms in total. The van der Waals surface area contributed by atoms with Crippen LogP contribution in [0.2, 0.25) is 0 Å². The van der Waals surface area contributed by atoms with Gasteiger partial charge in [-0.3, -0.25) is 4.90 Å². The Labute approximate surface area is 144 Å². The molecular weight excluding hydrogens is 296 g/mol. The normalized spacial score (nSPS) is 21.4. The first-order chi connectivity index (χ1) is 11.8. The highest BCUT2D eigenvalue weighted by molar-refractivity contribution is 5.74. The molecule has 0 atom stereocenters. The van der Waals surface area contributed by atoms with Crippen LogP contribution in [0.3, 0.4) is 0 Å². The topological polar surface area (TPSA) is 32.3 Å². The van der Waals surface area contributed by atoms with E-state index in [1.54, 1.807) is 0 Å². The molecule has 0 radical (unpaired) electrons. The van der Waals surface area contributed by atoms with Gasteiger partial charge < -0.3 is 4.90 Å². The van der Waals surface area contributed by atoms with E-state index in [9.17, 15) is 0 Å². The van der Waals surface area contributed by atoms with Crippen LogP contribution in [-0.2, 0) is 6.54 Å². The Bertz CT molecular complexity index is 685. The van der Waals surface area contributed by atoms with Crippen LogP contribution in [0.15, 0.2) is 24.3 Å². The molecule has 1 aromatic carbocycles. The first-order valence-electron chi connectivity index (χ1n) is 9.48. The second kappa shape index (κ2) is 7.16. The number of piperidine rings is 2. The zero-order valence-corrected chi connectivity index (χ0v) is 14.7. The van der Waals surface area contributed by atoms with Crippen molar-refractivity contribution in [2.24, 2.45) is 0 Å². The fraction of sp³-hybridized carbons (Fsp3) is 0.600. The number of likely N-dealkylation sites (tertiary alicyclic amines) is 2. The molecule has 4 rings (SSSR count). The monoisotopic (exact) mass is 324 g/mol. The van der Waals surface area contributed by atoms with Crippen LogP contribution in [0, 0.1) is 6.92 Å². The molecule has 0 amide bonds. The van der Waals surface area contributed by atoms with Gasteiger partial charge in [-0.15, -0.1) is 0 Å². The molecule has 1 aromatic heterocycles. The number of para-hydroxylation sites is 2. The lowest BCUT2D eigenvalue weighted by Gasteiger charge is -2.40. The van der Waals surface area contributed by atoms with Crippen LogP contribution < -0.4 is 0 Å². The Hall–Kier alpha value is -1.52. The van der Waals surface area contributed by atoms with Crippen molar-refractivity contribution in [1.29, 1.82) is 0 Å². The SMILES string of the molecule is Cc1nc2ccccc2nc1CN1CCC(N2CCCCC2)CC1. The maximum atomic E-state index is 4.86. The van der Waals surface area contributed by atoms with E-state index in [1.807, 2.05) is 18.2 Å². The summed E-state index contributed by atoms with van der Waals surface area (Å²) < 4.78 is 0. The Morgan fingerprint density at radius 2 is 1.58 bits per heavy atom. The summed E-state index contributed by atoms with van der Waals surface area (Å²) in [6.07, 6.45) is 6.83. The minimum absolute atomic E-state index is 0.810. The lowest BCUT2D eigenvalue weighted by molar-refractivity contribution is 0.0890. The van der Waals surface area contributed by atoms with Crippen LogP contribution in [-0.4, -0.2) is 52.0 Å². The summed E-state index contributed by atoms with van der Waals surface area (Å²) in [6, 6.07) is 8.99. The maximum Gasteiger partial charge on any atom is 0.0890 e. The average molecular weight is 324 g/mol. The van der Waals surface area contributed by atoms with Gasteiger partial charge >= 0.3 is 0 Å². The van der Waals surface area contributed by atoms with Gasteiger partial charge in [0.25, 0.3) is 0 Å². The Morgan fingerprint density at radius 3 is 2.29 bits per heavy atom. The molecule has 0 aliphatic carbocycles. The van der Waals surface area contributed by atoms with E-state index in [4.69, 9.17) is 9.97 Å². The Balaban J connectivity index is 1.39. The van der Waals surface area contributed by atoms with Crippen LogP contribution in [0.5, 0.6) is 0 Å². The van der Waals surface area contributed by atoms with E-state index in [0.29, 0.717) is 0 Å². The predicted molar refractivity (Wildman–Crippen MR) is 98.0 cm³/mol. The summed E-state index contributed by atoms with van der Waals surface area (Å²) in [5, 5.41) is 0. The highest BCUT2D eigenvalue weighted by Gasteiger charge is 2.25.